The van der Waals surface area contributed by atoms with Gasteiger partial charge in [0.15, 0.2) is 0 Å². The van der Waals surface area contributed by atoms with Crippen LogP contribution in [0.5, 0.6) is 0 Å². The summed E-state index contributed by atoms with van der Waals surface area (Å²) in [6.07, 6.45) is 0. The summed E-state index contributed by atoms with van der Waals surface area (Å²) in [7, 11) is 0. The van der Waals surface area contributed by atoms with Gasteiger partial charge in [-0.2, -0.15) is 0 Å². The molecule has 2 aliphatic heterocycles. The Labute approximate surface area is 292 Å². The molecule has 0 amide bonds. The summed E-state index contributed by atoms with van der Waals surface area (Å²) in [5, 5.41) is 2.65. The highest BCUT2D eigenvalue weighted by molar-refractivity contribution is 7.26. The van der Waals surface area contributed by atoms with E-state index >= 15 is 0 Å². The van der Waals surface area contributed by atoms with E-state index < -0.39 is 0 Å². The van der Waals surface area contributed by atoms with E-state index in [0.717, 1.165) is 0 Å². The van der Waals surface area contributed by atoms with E-state index in [1.807, 2.05) is 11.3 Å². The van der Waals surface area contributed by atoms with Crippen molar-refractivity contribution >= 4 is 71.7 Å². The van der Waals surface area contributed by atoms with Crippen LogP contribution in [0, 0.1) is 0 Å². The number of benzene rings is 7. The van der Waals surface area contributed by atoms with E-state index in [1.54, 1.807) is 0 Å². The zero-order valence-electron chi connectivity index (χ0n) is 27.9. The molecule has 0 fully saturated rings. The molecule has 0 atom stereocenters. The standard InChI is InChI=1S/C46H34BNS/c1-46(2,3)31-22-25-40(36(26-31)30-16-8-5-9-17-30)48-41-27-37-34-19-11-13-21-42(34)49-43(37)28-39(41)47-38-20-12-10-18-33(38)35-24-23-32(45(48)44(35)47)29-14-6-4-7-15-29/h4-28H,1-3H3. The molecule has 3 heteroatoms. The Hall–Kier alpha value is -5.38. The third-order valence-corrected chi connectivity index (χ3v) is 11.8. The van der Waals surface area contributed by atoms with Crippen LogP contribution < -0.4 is 21.3 Å². The highest BCUT2D eigenvalue weighted by atomic mass is 32.1. The molecule has 0 radical (unpaired) electrons. The Balaban J connectivity index is 1.38. The molecular weight excluding hydrogens is 609 g/mol. The van der Waals surface area contributed by atoms with Crippen molar-refractivity contribution in [2.24, 2.45) is 0 Å². The lowest BCUT2D eigenvalue weighted by molar-refractivity contribution is 0.590. The van der Waals surface area contributed by atoms with Crippen LogP contribution in [0.3, 0.4) is 0 Å². The summed E-state index contributed by atoms with van der Waals surface area (Å²) in [6.45, 7) is 7.08. The van der Waals surface area contributed by atoms with Crippen molar-refractivity contribution in [1.29, 1.82) is 0 Å². The number of thiophene rings is 1. The third-order valence-electron chi connectivity index (χ3n) is 10.6. The molecule has 0 saturated carbocycles. The monoisotopic (exact) mass is 643 g/mol. The van der Waals surface area contributed by atoms with Crippen LogP contribution in [0.2, 0.25) is 0 Å². The van der Waals surface area contributed by atoms with Gasteiger partial charge in [0.1, 0.15) is 0 Å². The molecule has 0 N–H and O–H groups in total. The van der Waals surface area contributed by atoms with E-state index in [-0.39, 0.29) is 12.1 Å². The second-order valence-corrected chi connectivity index (χ2v) is 15.6. The normalized spacial score (nSPS) is 13.1. The molecule has 0 saturated heterocycles. The van der Waals surface area contributed by atoms with Crippen LogP contribution >= 0.6 is 11.3 Å². The van der Waals surface area contributed by atoms with Gasteiger partial charge in [0, 0.05) is 42.7 Å². The summed E-state index contributed by atoms with van der Waals surface area (Å²) >= 11 is 1.91. The van der Waals surface area contributed by atoms with Gasteiger partial charge in [0.25, 0.3) is 0 Å². The Morgan fingerprint density at radius 3 is 1.94 bits per heavy atom. The molecule has 8 aromatic rings. The molecule has 0 aliphatic carbocycles. The number of hydrogen-bond acceptors (Lipinski definition) is 2. The quantitative estimate of drug-likeness (QED) is 0.173. The fourth-order valence-electron chi connectivity index (χ4n) is 8.32. The van der Waals surface area contributed by atoms with E-state index in [2.05, 4.69) is 177 Å². The highest BCUT2D eigenvalue weighted by Crippen LogP contribution is 2.50. The topological polar surface area (TPSA) is 3.24 Å². The van der Waals surface area contributed by atoms with Crippen LogP contribution in [0.1, 0.15) is 26.3 Å². The van der Waals surface area contributed by atoms with Gasteiger partial charge in [-0.25, -0.2) is 0 Å². The van der Waals surface area contributed by atoms with Gasteiger partial charge in [0.2, 0.25) is 6.71 Å². The summed E-state index contributed by atoms with van der Waals surface area (Å²) < 4.78 is 2.68. The Morgan fingerprint density at radius 2 is 1.16 bits per heavy atom. The van der Waals surface area contributed by atoms with Crippen LogP contribution in [-0.2, 0) is 5.41 Å². The lowest BCUT2D eigenvalue weighted by Crippen LogP contribution is -2.54. The van der Waals surface area contributed by atoms with Crippen molar-refractivity contribution < 1.29 is 0 Å². The number of fused-ring (bicyclic) bond motifs is 8. The molecule has 232 valence electrons. The van der Waals surface area contributed by atoms with Crippen molar-refractivity contribution in [3.05, 3.63) is 157 Å². The molecule has 3 heterocycles. The fraction of sp³-hybridized carbons (Fsp3) is 0.0870. The van der Waals surface area contributed by atoms with Crippen LogP contribution in [0.4, 0.5) is 17.1 Å². The maximum absolute atomic E-state index is 2.62. The van der Waals surface area contributed by atoms with E-state index in [9.17, 15) is 0 Å². The first-order chi connectivity index (χ1) is 24.0. The molecule has 10 rings (SSSR count). The first-order valence-corrected chi connectivity index (χ1v) is 18.0. The van der Waals surface area contributed by atoms with Gasteiger partial charge in [-0.1, -0.05) is 148 Å². The molecule has 0 unspecified atom stereocenters. The van der Waals surface area contributed by atoms with Gasteiger partial charge >= 0.3 is 0 Å². The molecule has 0 bridgehead atoms. The molecule has 1 aromatic heterocycles. The van der Waals surface area contributed by atoms with Crippen molar-refractivity contribution in [1.82, 2.24) is 0 Å². The Kier molecular flexibility index (Phi) is 6.17. The maximum Gasteiger partial charge on any atom is 0.248 e. The van der Waals surface area contributed by atoms with Gasteiger partial charge < -0.3 is 4.90 Å². The second-order valence-electron chi connectivity index (χ2n) is 14.5. The summed E-state index contributed by atoms with van der Waals surface area (Å²) in [5.41, 5.74) is 17.0. The minimum absolute atomic E-state index is 0.0134. The largest absolute Gasteiger partial charge is 0.310 e. The van der Waals surface area contributed by atoms with E-state index in [4.69, 9.17) is 0 Å². The van der Waals surface area contributed by atoms with Crippen molar-refractivity contribution in [3.8, 4) is 33.4 Å². The molecular formula is C46H34BNS. The van der Waals surface area contributed by atoms with Crippen molar-refractivity contribution in [3.63, 3.8) is 0 Å². The van der Waals surface area contributed by atoms with Gasteiger partial charge in [-0.05, 0) is 74.5 Å². The first kappa shape index (κ1) is 28.6. The van der Waals surface area contributed by atoms with Crippen LogP contribution in [0.15, 0.2) is 152 Å². The highest BCUT2D eigenvalue weighted by Gasteiger charge is 2.44. The Morgan fingerprint density at radius 1 is 0.490 bits per heavy atom. The number of hydrogen-bond donors (Lipinski definition) is 0. The zero-order valence-corrected chi connectivity index (χ0v) is 28.7. The Bertz CT molecular complexity index is 2590. The lowest BCUT2D eigenvalue weighted by atomic mass is 9.37. The first-order valence-electron chi connectivity index (χ1n) is 17.2. The maximum atomic E-state index is 2.62. The number of nitrogens with zero attached hydrogens (tertiary/aromatic N) is 1. The van der Waals surface area contributed by atoms with Gasteiger partial charge in [-0.3, -0.25) is 0 Å². The zero-order chi connectivity index (χ0) is 32.9. The second kappa shape index (κ2) is 10.6. The molecule has 2 aliphatic rings. The fourth-order valence-corrected chi connectivity index (χ4v) is 9.45. The van der Waals surface area contributed by atoms with Gasteiger partial charge in [0.05, 0.1) is 5.69 Å². The lowest BCUT2D eigenvalue weighted by Gasteiger charge is -2.39. The average molecular weight is 644 g/mol. The summed E-state index contributed by atoms with van der Waals surface area (Å²) in [6, 6.07) is 56.8. The van der Waals surface area contributed by atoms with Crippen LogP contribution in [0.25, 0.3) is 53.6 Å². The third kappa shape index (κ3) is 4.25. The predicted molar refractivity (Wildman–Crippen MR) is 214 cm³/mol. The minimum atomic E-state index is 0.0134. The smallest absolute Gasteiger partial charge is 0.248 e. The van der Waals surface area contributed by atoms with Crippen LogP contribution in [-0.4, -0.2) is 6.71 Å². The summed E-state index contributed by atoms with van der Waals surface area (Å²) in [5.74, 6) is 0. The summed E-state index contributed by atoms with van der Waals surface area (Å²) in [4.78, 5) is 2.62. The number of anilines is 3. The predicted octanol–water partition coefficient (Wildman–Crippen LogP) is 11.0. The number of rotatable bonds is 3. The minimum Gasteiger partial charge on any atom is -0.310 e. The molecule has 49 heavy (non-hydrogen) atoms. The SMILES string of the molecule is CC(C)(C)c1ccc(N2c3cc4c(cc3B3c5ccccc5-c5ccc(-c6ccccc6)c2c53)sc2ccccc24)c(-c2ccccc2)c1. The van der Waals surface area contributed by atoms with E-state index in [1.165, 1.54) is 92.6 Å². The molecule has 0 spiro atoms. The molecule has 1 nitrogen and oxygen atoms in total. The van der Waals surface area contributed by atoms with Crippen molar-refractivity contribution in [2.75, 3.05) is 4.90 Å². The van der Waals surface area contributed by atoms with E-state index in [0.29, 0.717) is 0 Å². The molecule has 7 aromatic carbocycles. The van der Waals surface area contributed by atoms with Gasteiger partial charge in [-0.15, -0.1) is 11.3 Å². The average Bonchev–Trinajstić information content (AvgIpc) is 3.67. The van der Waals surface area contributed by atoms with Crippen molar-refractivity contribution in [2.45, 2.75) is 26.2 Å².